The van der Waals surface area contributed by atoms with E-state index in [0.717, 1.165) is 36.2 Å². The molecule has 1 aliphatic heterocycles. The van der Waals surface area contributed by atoms with Crippen molar-refractivity contribution in [2.24, 2.45) is 5.73 Å². The Labute approximate surface area is 105 Å². The number of nitrogens with zero attached hydrogens (tertiary/aromatic N) is 3. The van der Waals surface area contributed by atoms with E-state index in [-0.39, 0.29) is 12.0 Å². The number of aromatic nitrogens is 2. The van der Waals surface area contributed by atoms with Crippen LogP contribution in [0.2, 0.25) is 0 Å². The van der Waals surface area contributed by atoms with Crippen LogP contribution >= 0.6 is 0 Å². The van der Waals surface area contributed by atoms with Crippen molar-refractivity contribution in [3.63, 3.8) is 0 Å². The zero-order valence-corrected chi connectivity index (χ0v) is 10.0. The highest BCUT2D eigenvalue weighted by molar-refractivity contribution is 5.92. The summed E-state index contributed by atoms with van der Waals surface area (Å²) in [5.41, 5.74) is 18.9. The van der Waals surface area contributed by atoms with Gasteiger partial charge in [0.15, 0.2) is 0 Å². The van der Waals surface area contributed by atoms with Gasteiger partial charge in [-0.15, -0.1) is 0 Å². The predicted octanol–water partition coefficient (Wildman–Crippen LogP) is 0.332. The van der Waals surface area contributed by atoms with E-state index in [1.165, 1.54) is 0 Å². The highest BCUT2D eigenvalue weighted by Gasteiger charge is 2.22. The van der Waals surface area contributed by atoms with Gasteiger partial charge in [0.2, 0.25) is 5.95 Å². The van der Waals surface area contributed by atoms with E-state index in [1.54, 1.807) is 0 Å². The zero-order chi connectivity index (χ0) is 12.7. The Morgan fingerprint density at radius 2 is 2.06 bits per heavy atom. The number of benzene rings is 1. The predicted molar refractivity (Wildman–Crippen MR) is 73.2 cm³/mol. The highest BCUT2D eigenvalue weighted by Crippen LogP contribution is 2.28. The molecular formula is C12H16N6. The molecule has 0 spiro atoms. The summed E-state index contributed by atoms with van der Waals surface area (Å²) < 4.78 is 0. The number of rotatable bonds is 1. The van der Waals surface area contributed by atoms with Crippen molar-refractivity contribution >= 4 is 28.4 Å². The third-order valence-corrected chi connectivity index (χ3v) is 3.24. The van der Waals surface area contributed by atoms with Crippen LogP contribution in [0.25, 0.3) is 10.9 Å². The fourth-order valence-corrected chi connectivity index (χ4v) is 2.37. The van der Waals surface area contributed by atoms with Crippen molar-refractivity contribution in [3.8, 4) is 0 Å². The summed E-state index contributed by atoms with van der Waals surface area (Å²) in [6.45, 7) is 1.70. The number of fused-ring (bicyclic) bond motifs is 1. The third kappa shape index (κ3) is 1.80. The molecule has 2 heterocycles. The lowest BCUT2D eigenvalue weighted by Gasteiger charge is -2.19. The second-order valence-corrected chi connectivity index (χ2v) is 4.68. The highest BCUT2D eigenvalue weighted by atomic mass is 15.2. The molecule has 0 aliphatic carbocycles. The maximum absolute atomic E-state index is 5.93. The van der Waals surface area contributed by atoms with E-state index < -0.39 is 0 Å². The van der Waals surface area contributed by atoms with Crippen LogP contribution in [0, 0.1) is 0 Å². The summed E-state index contributed by atoms with van der Waals surface area (Å²) in [5, 5.41) is 0.965. The molecule has 94 valence electrons. The minimum atomic E-state index is 0.199. The molecule has 1 aromatic heterocycles. The Morgan fingerprint density at radius 1 is 1.22 bits per heavy atom. The maximum Gasteiger partial charge on any atom is 0.222 e. The van der Waals surface area contributed by atoms with Crippen LogP contribution < -0.4 is 22.1 Å². The van der Waals surface area contributed by atoms with Gasteiger partial charge in [-0.05, 0) is 24.6 Å². The van der Waals surface area contributed by atoms with Crippen molar-refractivity contribution in [3.05, 3.63) is 18.2 Å². The van der Waals surface area contributed by atoms with Crippen LogP contribution in [0.4, 0.5) is 17.5 Å². The van der Waals surface area contributed by atoms with Crippen molar-refractivity contribution in [2.75, 3.05) is 29.5 Å². The molecule has 0 bridgehead atoms. The first-order valence-electron chi connectivity index (χ1n) is 5.97. The molecule has 0 saturated carbocycles. The molecule has 1 aromatic carbocycles. The standard InChI is InChI=1S/C12H16N6/c13-7-1-2-9-10(5-7)16-12(15)17-11(9)18-4-3-8(14)6-18/h1-2,5,8H,3-4,6,13-14H2,(H2,15,16,17)/t8-/m1/s1. The summed E-state index contributed by atoms with van der Waals surface area (Å²) >= 11 is 0. The summed E-state index contributed by atoms with van der Waals surface area (Å²) in [5.74, 6) is 1.12. The monoisotopic (exact) mass is 244 g/mol. The topological polar surface area (TPSA) is 107 Å². The Hall–Kier alpha value is -2.08. The van der Waals surface area contributed by atoms with E-state index in [0.29, 0.717) is 5.69 Å². The first kappa shape index (κ1) is 11.0. The van der Waals surface area contributed by atoms with E-state index >= 15 is 0 Å². The molecule has 6 heteroatoms. The van der Waals surface area contributed by atoms with Gasteiger partial charge in [-0.25, -0.2) is 4.98 Å². The van der Waals surface area contributed by atoms with E-state index in [2.05, 4.69) is 14.9 Å². The van der Waals surface area contributed by atoms with Crippen LogP contribution in [0.3, 0.4) is 0 Å². The Morgan fingerprint density at radius 3 is 2.78 bits per heavy atom. The zero-order valence-electron chi connectivity index (χ0n) is 10.0. The van der Waals surface area contributed by atoms with Crippen molar-refractivity contribution < 1.29 is 0 Å². The lowest BCUT2D eigenvalue weighted by molar-refractivity contribution is 0.751. The second-order valence-electron chi connectivity index (χ2n) is 4.68. The minimum absolute atomic E-state index is 0.199. The fourth-order valence-electron chi connectivity index (χ4n) is 2.37. The second kappa shape index (κ2) is 3.99. The van der Waals surface area contributed by atoms with Gasteiger partial charge in [0, 0.05) is 30.2 Å². The molecule has 1 fully saturated rings. The molecule has 0 amide bonds. The van der Waals surface area contributed by atoms with Gasteiger partial charge in [0.1, 0.15) is 5.82 Å². The maximum atomic E-state index is 5.93. The summed E-state index contributed by atoms with van der Waals surface area (Å²) in [6.07, 6.45) is 0.973. The number of anilines is 3. The first-order chi connectivity index (χ1) is 8.63. The van der Waals surface area contributed by atoms with E-state index in [1.807, 2.05) is 18.2 Å². The molecule has 2 aromatic rings. The lowest BCUT2D eigenvalue weighted by atomic mass is 10.2. The van der Waals surface area contributed by atoms with Crippen LogP contribution in [0.5, 0.6) is 0 Å². The van der Waals surface area contributed by atoms with Gasteiger partial charge >= 0.3 is 0 Å². The van der Waals surface area contributed by atoms with Crippen molar-refractivity contribution in [1.82, 2.24) is 9.97 Å². The number of hydrogen-bond donors (Lipinski definition) is 3. The average Bonchev–Trinajstić information content (AvgIpc) is 2.74. The van der Waals surface area contributed by atoms with Crippen molar-refractivity contribution in [2.45, 2.75) is 12.5 Å². The van der Waals surface area contributed by atoms with Gasteiger partial charge in [0.25, 0.3) is 0 Å². The van der Waals surface area contributed by atoms with E-state index in [4.69, 9.17) is 17.2 Å². The lowest BCUT2D eigenvalue weighted by Crippen LogP contribution is -2.27. The number of nitrogens with two attached hydrogens (primary N) is 3. The van der Waals surface area contributed by atoms with E-state index in [9.17, 15) is 0 Å². The SMILES string of the molecule is Nc1ccc2c(N3CC[C@@H](N)C3)nc(N)nc2c1. The molecule has 6 nitrogen and oxygen atoms in total. The molecule has 1 atom stereocenters. The van der Waals surface area contributed by atoms with Crippen LogP contribution in [0.15, 0.2) is 18.2 Å². The quantitative estimate of drug-likeness (QED) is 0.624. The van der Waals surface area contributed by atoms with Gasteiger partial charge in [-0.3, -0.25) is 0 Å². The summed E-state index contributed by atoms with van der Waals surface area (Å²) in [4.78, 5) is 10.7. The molecule has 1 aliphatic rings. The largest absolute Gasteiger partial charge is 0.399 e. The fraction of sp³-hybridized carbons (Fsp3) is 0.333. The van der Waals surface area contributed by atoms with Crippen LogP contribution in [-0.2, 0) is 0 Å². The molecule has 6 N–H and O–H groups in total. The smallest absolute Gasteiger partial charge is 0.222 e. The minimum Gasteiger partial charge on any atom is -0.399 e. The van der Waals surface area contributed by atoms with Crippen LogP contribution in [0.1, 0.15) is 6.42 Å². The molecule has 0 unspecified atom stereocenters. The van der Waals surface area contributed by atoms with Crippen LogP contribution in [-0.4, -0.2) is 29.1 Å². The number of hydrogen-bond acceptors (Lipinski definition) is 6. The Kier molecular flexibility index (Phi) is 2.45. The van der Waals surface area contributed by atoms with Gasteiger partial charge < -0.3 is 22.1 Å². The van der Waals surface area contributed by atoms with Gasteiger partial charge in [0.05, 0.1) is 5.52 Å². The Balaban J connectivity index is 2.15. The van der Waals surface area contributed by atoms with Crippen molar-refractivity contribution in [1.29, 1.82) is 0 Å². The molecule has 18 heavy (non-hydrogen) atoms. The Bertz CT molecular complexity index is 591. The van der Waals surface area contributed by atoms with Gasteiger partial charge in [-0.1, -0.05) is 0 Å². The summed E-state index contributed by atoms with van der Waals surface area (Å²) in [7, 11) is 0. The third-order valence-electron chi connectivity index (χ3n) is 3.24. The number of nitrogen functional groups attached to an aromatic ring is 2. The average molecular weight is 244 g/mol. The molecule has 1 saturated heterocycles. The normalized spacial score (nSPS) is 19.6. The first-order valence-corrected chi connectivity index (χ1v) is 5.97. The molecule has 0 radical (unpaired) electrons. The van der Waals surface area contributed by atoms with Gasteiger partial charge in [-0.2, -0.15) is 4.98 Å². The summed E-state index contributed by atoms with van der Waals surface area (Å²) in [6, 6.07) is 5.79. The molecule has 3 rings (SSSR count). The molecular weight excluding hydrogens is 228 g/mol.